The summed E-state index contributed by atoms with van der Waals surface area (Å²) in [6.07, 6.45) is 3.57. The molecule has 294 valence electrons. The van der Waals surface area contributed by atoms with Gasteiger partial charge in [-0.25, -0.2) is 0 Å². The van der Waals surface area contributed by atoms with E-state index in [2.05, 4.69) is 22.8 Å². The van der Waals surface area contributed by atoms with E-state index in [0.717, 1.165) is 30.4 Å². The third kappa shape index (κ3) is 6.45. The van der Waals surface area contributed by atoms with Gasteiger partial charge in [0.2, 0.25) is 17.6 Å². The summed E-state index contributed by atoms with van der Waals surface area (Å²) in [5.74, 6) is -2.93. The molecule has 6 fully saturated rings. The Morgan fingerprint density at radius 2 is 1.62 bits per heavy atom. The van der Waals surface area contributed by atoms with Crippen LogP contribution in [0.5, 0.6) is 0 Å². The zero-order valence-electron chi connectivity index (χ0n) is 31.1. The van der Waals surface area contributed by atoms with Crippen molar-refractivity contribution in [3.05, 3.63) is 113 Å². The Labute approximate surface area is 324 Å². The maximum Gasteiger partial charge on any atom is 0.327 e. The van der Waals surface area contributed by atoms with Crippen LogP contribution in [-0.4, -0.2) is 101 Å². The summed E-state index contributed by atoms with van der Waals surface area (Å²) in [4.78, 5) is 49.1. The van der Waals surface area contributed by atoms with Crippen molar-refractivity contribution >= 4 is 23.9 Å². The first-order valence-corrected chi connectivity index (χ1v) is 19.6. The minimum Gasteiger partial charge on any atom is -0.458 e. The van der Waals surface area contributed by atoms with Gasteiger partial charge in [-0.3, -0.25) is 19.2 Å². The Hall–Kier alpha value is -4.47. The molecule has 3 aromatic carbocycles. The molecule has 4 N–H and O–H groups in total. The predicted molar refractivity (Wildman–Crippen MR) is 200 cm³/mol. The first kappa shape index (κ1) is 37.1. The van der Waals surface area contributed by atoms with E-state index in [-0.39, 0.29) is 26.1 Å². The predicted octanol–water partition coefficient (Wildman–Crippen LogP) is 2.73. The number of allylic oxidation sites excluding steroid dienone is 1. The van der Waals surface area contributed by atoms with E-state index in [1.807, 2.05) is 84.9 Å². The Balaban J connectivity index is 1.05. The molecule has 11 atom stereocenters. The SMILES string of the molecule is C[C@H](O)[C@@H](NC(=O)[C@@]12C[C@H]3OC(=O)[C@@H]1N(Cc1ccc(C=CC4CCC5OC5C4)cc1)O[C@@H]2[C@H]1OC(c2ccccc2)(c2ccccc2)O[C@H]13)C(=O)NCCO. The van der Waals surface area contributed by atoms with Crippen LogP contribution in [0.25, 0.3) is 6.08 Å². The quantitative estimate of drug-likeness (QED) is 0.158. The number of rotatable bonds is 12. The normalized spacial score (nSPS) is 33.5. The average molecular weight is 766 g/mol. The number of carbonyl (C=O) groups is 3. The van der Waals surface area contributed by atoms with Crippen molar-refractivity contribution < 1.29 is 48.4 Å². The molecule has 0 aromatic heterocycles. The lowest BCUT2D eigenvalue weighted by atomic mass is 9.62. The molecule has 2 aliphatic carbocycles. The number of esters is 1. The highest BCUT2D eigenvalue weighted by Gasteiger charge is 2.76. The average Bonchev–Trinajstić information content (AvgIpc) is 3.74. The third-order valence-corrected chi connectivity index (χ3v) is 12.3. The summed E-state index contributed by atoms with van der Waals surface area (Å²) >= 11 is 0. The monoisotopic (exact) mass is 765 g/mol. The topological polar surface area (TPSA) is 168 Å². The van der Waals surface area contributed by atoms with Crippen LogP contribution in [-0.2, 0) is 50.5 Å². The molecule has 2 amide bonds. The number of hydroxylamine groups is 2. The molecule has 4 heterocycles. The molecule has 2 saturated carbocycles. The summed E-state index contributed by atoms with van der Waals surface area (Å²) in [7, 11) is 0. The number of hydrogen-bond donors (Lipinski definition) is 4. The van der Waals surface area contributed by atoms with E-state index in [1.165, 1.54) is 12.0 Å². The number of aliphatic hydroxyl groups excluding tert-OH is 2. The summed E-state index contributed by atoms with van der Waals surface area (Å²) in [5, 5.41) is 26.8. The van der Waals surface area contributed by atoms with Gasteiger partial charge in [-0.2, -0.15) is 5.06 Å². The number of aliphatic hydroxyl groups is 2. The highest BCUT2D eigenvalue weighted by atomic mass is 16.8. The lowest BCUT2D eigenvalue weighted by molar-refractivity contribution is -0.213. The van der Waals surface area contributed by atoms with Crippen molar-refractivity contribution in [1.82, 2.24) is 15.7 Å². The Morgan fingerprint density at radius 1 is 0.929 bits per heavy atom. The molecule has 6 aliphatic rings. The van der Waals surface area contributed by atoms with Crippen molar-refractivity contribution in [2.24, 2.45) is 11.3 Å². The Bertz CT molecular complexity index is 1920. The molecular formula is C43H47N3O10. The maximum absolute atomic E-state index is 14.9. The lowest BCUT2D eigenvalue weighted by Crippen LogP contribution is -2.71. The van der Waals surface area contributed by atoms with Crippen LogP contribution in [0.2, 0.25) is 0 Å². The van der Waals surface area contributed by atoms with Gasteiger partial charge in [0.25, 0.3) is 0 Å². The second kappa shape index (κ2) is 14.8. The van der Waals surface area contributed by atoms with E-state index in [1.54, 1.807) is 0 Å². The molecule has 13 nitrogen and oxygen atoms in total. The molecule has 0 radical (unpaired) electrons. The van der Waals surface area contributed by atoms with E-state index < -0.39 is 71.6 Å². The molecule has 9 rings (SSSR count). The smallest absolute Gasteiger partial charge is 0.327 e. The Morgan fingerprint density at radius 3 is 2.29 bits per heavy atom. The summed E-state index contributed by atoms with van der Waals surface area (Å²) < 4.78 is 25.8. The highest BCUT2D eigenvalue weighted by Crippen LogP contribution is 2.59. The number of hydrogen-bond acceptors (Lipinski definition) is 11. The van der Waals surface area contributed by atoms with Crippen molar-refractivity contribution in [3.8, 4) is 0 Å². The minimum absolute atomic E-state index is 0.0168. The summed E-state index contributed by atoms with van der Waals surface area (Å²) in [5.41, 5.74) is 1.70. The van der Waals surface area contributed by atoms with Crippen molar-refractivity contribution in [2.75, 3.05) is 13.2 Å². The zero-order chi connectivity index (χ0) is 38.6. The van der Waals surface area contributed by atoms with Gasteiger partial charge in [-0.15, -0.1) is 0 Å². The van der Waals surface area contributed by atoms with Crippen LogP contribution < -0.4 is 10.6 Å². The number of nitrogens with zero attached hydrogens (tertiary/aromatic N) is 1. The fraction of sp³-hybridized carbons (Fsp3) is 0.465. The van der Waals surface area contributed by atoms with E-state index in [4.69, 9.17) is 23.8 Å². The molecule has 13 heteroatoms. The van der Waals surface area contributed by atoms with Crippen LogP contribution in [0.4, 0.5) is 0 Å². The van der Waals surface area contributed by atoms with Crippen LogP contribution in [0.15, 0.2) is 91.0 Å². The number of amides is 2. The molecule has 56 heavy (non-hydrogen) atoms. The fourth-order valence-electron chi connectivity index (χ4n) is 9.43. The van der Waals surface area contributed by atoms with Crippen LogP contribution >= 0.6 is 0 Å². The van der Waals surface area contributed by atoms with E-state index in [0.29, 0.717) is 29.3 Å². The van der Waals surface area contributed by atoms with Crippen LogP contribution in [0.3, 0.4) is 0 Å². The van der Waals surface area contributed by atoms with E-state index in [9.17, 15) is 24.6 Å². The van der Waals surface area contributed by atoms with Crippen molar-refractivity contribution in [2.45, 2.75) is 99.8 Å². The second-order valence-electron chi connectivity index (χ2n) is 15.8. The first-order valence-electron chi connectivity index (χ1n) is 19.6. The van der Waals surface area contributed by atoms with Gasteiger partial charge in [0.1, 0.15) is 35.9 Å². The molecular weight excluding hydrogens is 718 g/mol. The van der Waals surface area contributed by atoms with Gasteiger partial charge in [-0.1, -0.05) is 97.1 Å². The highest BCUT2D eigenvalue weighted by molar-refractivity contribution is 5.96. The van der Waals surface area contributed by atoms with Crippen LogP contribution in [0, 0.1) is 11.3 Å². The van der Waals surface area contributed by atoms with Gasteiger partial charge >= 0.3 is 5.97 Å². The molecule has 4 aliphatic heterocycles. The summed E-state index contributed by atoms with van der Waals surface area (Å²) in [6, 6.07) is 24.3. The molecule has 2 bridgehead atoms. The van der Waals surface area contributed by atoms with Gasteiger partial charge < -0.3 is 39.8 Å². The second-order valence-corrected chi connectivity index (χ2v) is 15.8. The number of ether oxygens (including phenoxy) is 4. The van der Waals surface area contributed by atoms with E-state index >= 15 is 0 Å². The molecule has 3 aromatic rings. The van der Waals surface area contributed by atoms with Gasteiger partial charge in [0.05, 0.1) is 31.5 Å². The molecule has 0 spiro atoms. The number of epoxide rings is 1. The number of benzene rings is 3. The number of nitrogens with one attached hydrogen (secondary N) is 2. The fourth-order valence-corrected chi connectivity index (χ4v) is 9.43. The lowest BCUT2D eigenvalue weighted by Gasteiger charge is -2.49. The number of fused-ring (bicyclic) bond motifs is 5. The minimum atomic E-state index is -1.61. The van der Waals surface area contributed by atoms with Gasteiger partial charge in [-0.05, 0) is 43.2 Å². The maximum atomic E-state index is 14.9. The van der Waals surface area contributed by atoms with Crippen molar-refractivity contribution in [3.63, 3.8) is 0 Å². The van der Waals surface area contributed by atoms with Crippen molar-refractivity contribution in [1.29, 1.82) is 0 Å². The van der Waals surface area contributed by atoms with Crippen LogP contribution in [0.1, 0.15) is 54.9 Å². The Kier molecular flexibility index (Phi) is 9.81. The molecule has 3 unspecified atom stereocenters. The number of carbonyl (C=O) groups excluding carboxylic acids is 3. The largest absolute Gasteiger partial charge is 0.458 e. The molecule has 4 saturated heterocycles. The zero-order valence-corrected chi connectivity index (χ0v) is 31.1. The van der Waals surface area contributed by atoms with Gasteiger partial charge in [0, 0.05) is 24.1 Å². The standard InChI is InChI=1S/C43H47N3O10/c1-25(48)34(39(49)44-20-21-47)45-41(51)42-23-33-35-36(55-43(54-35,29-8-4-2-5-9-29)30-10-6-3-7-11-30)38(42)56-46(37(42)40(50)53-33)24-28-16-13-26(14-17-28)12-15-27-18-19-31-32(22-27)52-31/h2-17,25,27,31-38,47-48H,18-24H2,1H3,(H,44,49)(H,45,51)/t25-,27?,31?,32?,33+,34+,35-,36-,37-,38+,42-/m0/s1. The first-order chi connectivity index (χ1) is 27.2. The van der Waals surface area contributed by atoms with Gasteiger partial charge in [0.15, 0.2) is 6.04 Å². The summed E-state index contributed by atoms with van der Waals surface area (Å²) in [6.45, 7) is 1.14. The third-order valence-electron chi connectivity index (χ3n) is 12.3.